The van der Waals surface area contributed by atoms with Crippen molar-refractivity contribution in [3.63, 3.8) is 0 Å². The molecule has 6 rings (SSSR count). The quantitative estimate of drug-likeness (QED) is 0.202. The Morgan fingerprint density at radius 2 is 1.87 bits per heavy atom. The fraction of sp³-hybridized carbons (Fsp3) is 0.382. The maximum Gasteiger partial charge on any atom is 0.238 e. The molecule has 0 unspecified atom stereocenters. The molecule has 10 nitrogen and oxygen atoms in total. The number of halogens is 1. The van der Waals surface area contributed by atoms with Crippen LogP contribution in [0.25, 0.3) is 22.0 Å². The van der Waals surface area contributed by atoms with Crippen LogP contribution >= 0.6 is 0 Å². The van der Waals surface area contributed by atoms with Crippen LogP contribution in [0.4, 0.5) is 15.8 Å². The minimum absolute atomic E-state index is 0.000463. The number of aromatic nitrogens is 2. The first-order chi connectivity index (χ1) is 22.0. The molecule has 0 atom stereocenters. The van der Waals surface area contributed by atoms with E-state index in [1.165, 1.54) is 18.3 Å². The first-order valence-corrected chi connectivity index (χ1v) is 17.3. The standard InChI is InChI=1S/C34H38FN5O5S/c1-5-40-30-19-37-28-15-27(35)25(23-13-29(39-46(4,42)43)32(38-18-23)44-12-11-36-21(2)3)14-26(28)31(30)34(33(40)41)16-24(17-34)45-20-22-9-7-6-8-10-22/h6-10,13-15,18-19,21,24,36,39H,5,11-12,16-17,20H2,1-4H3. The van der Waals surface area contributed by atoms with Gasteiger partial charge in [0.25, 0.3) is 0 Å². The lowest BCUT2D eigenvalue weighted by atomic mass is 9.62. The molecule has 3 heterocycles. The van der Waals surface area contributed by atoms with E-state index in [4.69, 9.17) is 9.47 Å². The van der Waals surface area contributed by atoms with Crippen LogP contribution in [0.1, 0.15) is 44.7 Å². The highest BCUT2D eigenvalue weighted by atomic mass is 32.2. The van der Waals surface area contributed by atoms with E-state index in [2.05, 4.69) is 20.0 Å². The van der Waals surface area contributed by atoms with Crippen molar-refractivity contribution >= 4 is 38.2 Å². The lowest BCUT2D eigenvalue weighted by molar-refractivity contribution is -0.134. The van der Waals surface area contributed by atoms with Crippen molar-refractivity contribution in [2.24, 2.45) is 0 Å². The summed E-state index contributed by atoms with van der Waals surface area (Å²) in [7, 11) is -3.69. The van der Waals surface area contributed by atoms with Crippen molar-refractivity contribution in [3.8, 4) is 17.0 Å². The van der Waals surface area contributed by atoms with E-state index in [-0.39, 0.29) is 41.8 Å². The second kappa shape index (κ2) is 12.6. The normalized spacial score (nSPS) is 19.1. The number of ether oxygens (including phenoxy) is 2. The Morgan fingerprint density at radius 3 is 2.57 bits per heavy atom. The third-order valence-electron chi connectivity index (χ3n) is 8.51. The van der Waals surface area contributed by atoms with Crippen LogP contribution < -0.4 is 19.7 Å². The summed E-state index contributed by atoms with van der Waals surface area (Å²) in [6, 6.07) is 14.7. The van der Waals surface area contributed by atoms with Gasteiger partial charge in [0.2, 0.25) is 21.8 Å². The molecule has 1 amide bonds. The third-order valence-corrected chi connectivity index (χ3v) is 9.10. The van der Waals surface area contributed by atoms with Crippen LogP contribution in [0, 0.1) is 5.82 Å². The van der Waals surface area contributed by atoms with Gasteiger partial charge in [-0.15, -0.1) is 0 Å². The summed E-state index contributed by atoms with van der Waals surface area (Å²) in [5.41, 5.74) is 2.88. The van der Waals surface area contributed by atoms with Gasteiger partial charge in [-0.2, -0.15) is 0 Å². The number of nitrogens with zero attached hydrogens (tertiary/aromatic N) is 3. The van der Waals surface area contributed by atoms with Crippen molar-refractivity contribution in [3.05, 3.63) is 77.9 Å². The molecule has 0 bridgehead atoms. The second-order valence-corrected chi connectivity index (χ2v) is 14.0. The largest absolute Gasteiger partial charge is 0.475 e. The van der Waals surface area contributed by atoms with Gasteiger partial charge in [0.15, 0.2) is 0 Å². The number of likely N-dealkylation sites (N-methyl/N-ethyl adjacent to an activating group) is 1. The van der Waals surface area contributed by atoms with Crippen LogP contribution in [0.2, 0.25) is 0 Å². The van der Waals surface area contributed by atoms with Crippen molar-refractivity contribution in [2.75, 3.05) is 35.6 Å². The summed E-state index contributed by atoms with van der Waals surface area (Å²) in [6.07, 6.45) is 5.05. The lowest BCUT2D eigenvalue weighted by Crippen LogP contribution is -2.52. The molecule has 1 aliphatic carbocycles. The van der Waals surface area contributed by atoms with Crippen molar-refractivity contribution in [2.45, 2.75) is 57.8 Å². The van der Waals surface area contributed by atoms with Gasteiger partial charge < -0.3 is 19.7 Å². The van der Waals surface area contributed by atoms with Crippen LogP contribution in [0.3, 0.4) is 0 Å². The van der Waals surface area contributed by atoms with Crippen molar-refractivity contribution < 1.29 is 27.1 Å². The zero-order valence-electron chi connectivity index (χ0n) is 26.3. The summed E-state index contributed by atoms with van der Waals surface area (Å²) < 4.78 is 54.6. The maximum absolute atomic E-state index is 15.7. The van der Waals surface area contributed by atoms with Gasteiger partial charge in [-0.25, -0.2) is 17.8 Å². The minimum Gasteiger partial charge on any atom is -0.475 e. The summed E-state index contributed by atoms with van der Waals surface area (Å²) in [6.45, 7) is 7.66. The average Bonchev–Trinajstić information content (AvgIpc) is 3.25. The van der Waals surface area contributed by atoms with E-state index < -0.39 is 21.3 Å². The number of carbonyl (C=O) groups is 1. The Balaban J connectivity index is 1.36. The Kier molecular flexibility index (Phi) is 8.70. The lowest BCUT2D eigenvalue weighted by Gasteiger charge is -2.44. The Morgan fingerprint density at radius 1 is 1.11 bits per heavy atom. The number of rotatable bonds is 12. The first kappa shape index (κ1) is 31.8. The molecule has 2 aromatic carbocycles. The smallest absolute Gasteiger partial charge is 0.238 e. The monoisotopic (exact) mass is 647 g/mol. The SMILES string of the molecule is CCN1C(=O)C2(CC(OCc3ccccc3)C2)c2c1cnc1cc(F)c(-c3cnc(OCCNC(C)C)c(NS(C)(=O)=O)c3)cc21. The van der Waals surface area contributed by atoms with Gasteiger partial charge >= 0.3 is 0 Å². The Bertz CT molecular complexity index is 1880. The van der Waals surface area contributed by atoms with Gasteiger partial charge in [-0.3, -0.25) is 14.5 Å². The molecule has 1 spiro atoms. The molecule has 1 aliphatic heterocycles. The van der Waals surface area contributed by atoms with E-state index in [1.807, 2.05) is 51.1 Å². The number of carbonyl (C=O) groups excluding carboxylic acids is 1. The van der Waals surface area contributed by atoms with E-state index >= 15 is 4.39 Å². The first-order valence-electron chi connectivity index (χ1n) is 15.4. The number of fused-ring (bicyclic) bond motifs is 4. The fourth-order valence-electron chi connectivity index (χ4n) is 6.41. The molecule has 2 aliphatic rings. The number of anilines is 2. The zero-order valence-corrected chi connectivity index (χ0v) is 27.2. The molecule has 46 heavy (non-hydrogen) atoms. The summed E-state index contributed by atoms with van der Waals surface area (Å²) in [5, 5.41) is 3.89. The van der Waals surface area contributed by atoms with E-state index in [1.54, 1.807) is 17.2 Å². The average molecular weight is 648 g/mol. The Hall–Kier alpha value is -4.13. The highest BCUT2D eigenvalue weighted by Gasteiger charge is 2.59. The van der Waals surface area contributed by atoms with Crippen LogP contribution in [0.15, 0.2) is 60.9 Å². The van der Waals surface area contributed by atoms with Crippen molar-refractivity contribution in [1.29, 1.82) is 0 Å². The molecule has 4 aromatic rings. The van der Waals surface area contributed by atoms with Gasteiger partial charge in [0.1, 0.15) is 18.1 Å². The minimum atomic E-state index is -3.69. The number of pyridine rings is 2. The highest BCUT2D eigenvalue weighted by Crippen LogP contribution is 2.56. The number of nitrogens with one attached hydrogen (secondary N) is 2. The van der Waals surface area contributed by atoms with E-state index in [9.17, 15) is 13.2 Å². The van der Waals surface area contributed by atoms with Crippen LogP contribution in [-0.2, 0) is 31.6 Å². The number of amides is 1. The topological polar surface area (TPSA) is 123 Å². The molecule has 12 heteroatoms. The summed E-state index contributed by atoms with van der Waals surface area (Å²) in [5.74, 6) is -0.465. The van der Waals surface area contributed by atoms with Crippen LogP contribution in [-0.4, -0.2) is 62.4 Å². The molecule has 242 valence electrons. The predicted molar refractivity (Wildman–Crippen MR) is 176 cm³/mol. The summed E-state index contributed by atoms with van der Waals surface area (Å²) >= 11 is 0. The molecule has 2 aromatic heterocycles. The van der Waals surface area contributed by atoms with Crippen LogP contribution in [0.5, 0.6) is 5.88 Å². The number of benzene rings is 2. The van der Waals surface area contributed by atoms with E-state index in [0.717, 1.165) is 23.1 Å². The molecule has 1 saturated carbocycles. The number of hydrogen-bond acceptors (Lipinski definition) is 8. The van der Waals surface area contributed by atoms with Gasteiger partial charge in [-0.1, -0.05) is 44.2 Å². The van der Waals surface area contributed by atoms with E-state index in [0.29, 0.717) is 49.0 Å². The van der Waals surface area contributed by atoms with Gasteiger partial charge in [0, 0.05) is 53.5 Å². The molecule has 2 N–H and O–H groups in total. The van der Waals surface area contributed by atoms with Gasteiger partial charge in [0.05, 0.1) is 41.8 Å². The van der Waals surface area contributed by atoms with Gasteiger partial charge in [-0.05, 0) is 37.5 Å². The highest BCUT2D eigenvalue weighted by molar-refractivity contribution is 7.92. The molecule has 1 fully saturated rings. The third kappa shape index (κ3) is 6.16. The number of sulfonamides is 1. The van der Waals surface area contributed by atoms with Crippen molar-refractivity contribution in [1.82, 2.24) is 15.3 Å². The Labute approximate surface area is 268 Å². The number of hydrogen-bond donors (Lipinski definition) is 2. The molecule has 0 radical (unpaired) electrons. The predicted octanol–water partition coefficient (Wildman–Crippen LogP) is 5.17. The molecule has 0 saturated heterocycles. The second-order valence-electron chi connectivity index (χ2n) is 12.2. The zero-order chi connectivity index (χ0) is 32.6. The fourth-order valence-corrected chi connectivity index (χ4v) is 6.95. The molecular weight excluding hydrogens is 609 g/mol. The summed E-state index contributed by atoms with van der Waals surface area (Å²) in [4.78, 5) is 24.6. The maximum atomic E-state index is 15.7. The molecular formula is C34H38FN5O5S.